The number of benzene rings is 1. The summed E-state index contributed by atoms with van der Waals surface area (Å²) in [5, 5.41) is 0.220. The van der Waals surface area contributed by atoms with Crippen molar-refractivity contribution in [3.05, 3.63) is 76.5 Å². The van der Waals surface area contributed by atoms with Crippen molar-refractivity contribution in [2.75, 3.05) is 18.8 Å². The highest BCUT2D eigenvalue weighted by atomic mass is 19.1. The number of nitrogen functional groups attached to an aromatic ring is 1. The van der Waals surface area contributed by atoms with E-state index in [1.165, 1.54) is 18.2 Å². The quantitative estimate of drug-likeness (QED) is 0.427. The molecule has 0 unspecified atom stereocenters. The van der Waals surface area contributed by atoms with E-state index in [-0.39, 0.29) is 22.8 Å². The van der Waals surface area contributed by atoms with Crippen molar-refractivity contribution in [3.63, 3.8) is 0 Å². The Morgan fingerprint density at radius 1 is 1.14 bits per heavy atom. The maximum absolute atomic E-state index is 13.4. The van der Waals surface area contributed by atoms with Gasteiger partial charge in [0.15, 0.2) is 5.82 Å². The molecule has 1 aliphatic rings. The molecular formula is C26H26FN7O2. The highest BCUT2D eigenvalue weighted by molar-refractivity contribution is 5.77. The van der Waals surface area contributed by atoms with E-state index in [4.69, 9.17) is 5.73 Å². The molecule has 5 rings (SSSR count). The topological polar surface area (TPSA) is 131 Å². The summed E-state index contributed by atoms with van der Waals surface area (Å²) in [5.74, 6) is 1.34. The highest BCUT2D eigenvalue weighted by Crippen LogP contribution is 2.31. The molecule has 1 amide bonds. The summed E-state index contributed by atoms with van der Waals surface area (Å²) in [4.78, 5) is 46.9. The SMILES string of the molecule is Nc1ncc(C2CCN(C(=O)CCCc3nc4ccc(F)cc4c(=O)[nH]3)CC2)cc1-c1ncccn1. The first-order valence-corrected chi connectivity index (χ1v) is 12.0. The summed E-state index contributed by atoms with van der Waals surface area (Å²) < 4.78 is 13.4. The number of aromatic amines is 1. The van der Waals surface area contributed by atoms with Gasteiger partial charge in [-0.1, -0.05) is 0 Å². The Morgan fingerprint density at radius 3 is 2.69 bits per heavy atom. The minimum atomic E-state index is -0.477. The number of fused-ring (bicyclic) bond motifs is 1. The van der Waals surface area contributed by atoms with Gasteiger partial charge < -0.3 is 15.6 Å². The average molecular weight is 488 g/mol. The average Bonchev–Trinajstić information content (AvgIpc) is 2.90. The van der Waals surface area contributed by atoms with E-state index in [0.29, 0.717) is 55.3 Å². The van der Waals surface area contributed by atoms with Gasteiger partial charge in [-0.15, -0.1) is 0 Å². The Balaban J connectivity index is 1.15. The minimum Gasteiger partial charge on any atom is -0.383 e. The lowest BCUT2D eigenvalue weighted by Crippen LogP contribution is -2.37. The lowest BCUT2D eigenvalue weighted by Gasteiger charge is -2.32. The van der Waals surface area contributed by atoms with Crippen LogP contribution in [0.25, 0.3) is 22.3 Å². The van der Waals surface area contributed by atoms with Crippen molar-refractivity contribution in [2.24, 2.45) is 0 Å². The maximum Gasteiger partial charge on any atom is 0.258 e. The van der Waals surface area contributed by atoms with Gasteiger partial charge in [-0.05, 0) is 61.1 Å². The largest absolute Gasteiger partial charge is 0.383 e. The highest BCUT2D eigenvalue weighted by Gasteiger charge is 2.24. The van der Waals surface area contributed by atoms with Gasteiger partial charge >= 0.3 is 0 Å². The Morgan fingerprint density at radius 2 is 1.92 bits per heavy atom. The van der Waals surface area contributed by atoms with Crippen molar-refractivity contribution in [2.45, 2.75) is 38.0 Å². The number of carbonyl (C=O) groups is 1. The second-order valence-corrected chi connectivity index (χ2v) is 8.96. The third kappa shape index (κ3) is 5.07. The molecule has 4 aromatic rings. The molecule has 9 nitrogen and oxygen atoms in total. The minimum absolute atomic E-state index is 0.0902. The molecule has 1 saturated heterocycles. The fraction of sp³-hybridized carbons (Fsp3) is 0.308. The van der Waals surface area contributed by atoms with Crippen LogP contribution in [0.5, 0.6) is 0 Å². The molecule has 0 atom stereocenters. The zero-order valence-electron chi connectivity index (χ0n) is 19.7. The molecule has 3 aromatic heterocycles. The van der Waals surface area contributed by atoms with Crippen LogP contribution in [0.4, 0.5) is 10.2 Å². The number of anilines is 1. The van der Waals surface area contributed by atoms with Crippen LogP contribution in [-0.4, -0.2) is 48.8 Å². The molecule has 1 aliphatic heterocycles. The second-order valence-electron chi connectivity index (χ2n) is 8.96. The summed E-state index contributed by atoms with van der Waals surface area (Å²) in [6.07, 6.45) is 8.22. The molecule has 3 N–H and O–H groups in total. The fourth-order valence-electron chi connectivity index (χ4n) is 4.64. The number of hydrogen-bond acceptors (Lipinski definition) is 7. The first-order chi connectivity index (χ1) is 17.5. The predicted molar refractivity (Wildman–Crippen MR) is 133 cm³/mol. The Kier molecular flexibility index (Phi) is 6.66. The lowest BCUT2D eigenvalue weighted by atomic mass is 9.89. The number of hydrogen-bond donors (Lipinski definition) is 2. The number of amides is 1. The molecule has 0 bridgehead atoms. The first kappa shape index (κ1) is 23.5. The third-order valence-corrected chi connectivity index (χ3v) is 6.59. The predicted octanol–water partition coefficient (Wildman–Crippen LogP) is 3.23. The van der Waals surface area contributed by atoms with Gasteiger partial charge in [0.2, 0.25) is 5.91 Å². The molecule has 0 radical (unpaired) electrons. The van der Waals surface area contributed by atoms with E-state index in [0.717, 1.165) is 24.0 Å². The van der Waals surface area contributed by atoms with Crippen LogP contribution in [0.3, 0.4) is 0 Å². The van der Waals surface area contributed by atoms with Crippen molar-refractivity contribution in [1.29, 1.82) is 0 Å². The number of nitrogens with zero attached hydrogens (tertiary/aromatic N) is 5. The standard InChI is InChI=1S/C26H26FN7O2/c27-18-5-6-21-19(14-18)26(36)33-22(32-21)3-1-4-23(35)34-11-7-16(8-12-34)17-13-20(24(28)31-15-17)25-29-9-2-10-30-25/h2,5-6,9-10,13-16H,1,3-4,7-8,11-12H2,(H2,28,31)(H,32,33,36). The molecule has 1 fully saturated rings. The Hall–Kier alpha value is -4.21. The summed E-state index contributed by atoms with van der Waals surface area (Å²) in [6.45, 7) is 1.34. The number of H-pyrrole nitrogens is 1. The monoisotopic (exact) mass is 487 g/mol. The van der Waals surface area contributed by atoms with Gasteiger partial charge in [0.05, 0.1) is 16.5 Å². The number of pyridine rings is 1. The number of carbonyl (C=O) groups excluding carboxylic acids is 1. The van der Waals surface area contributed by atoms with Crippen LogP contribution in [0.2, 0.25) is 0 Å². The second kappa shape index (κ2) is 10.2. The molecule has 1 aromatic carbocycles. The number of rotatable bonds is 6. The van der Waals surface area contributed by atoms with E-state index >= 15 is 0 Å². The number of aryl methyl sites for hydroxylation is 1. The molecule has 36 heavy (non-hydrogen) atoms. The molecule has 10 heteroatoms. The molecular weight excluding hydrogens is 461 g/mol. The first-order valence-electron chi connectivity index (χ1n) is 12.0. The van der Waals surface area contributed by atoms with E-state index in [9.17, 15) is 14.0 Å². The van der Waals surface area contributed by atoms with Crippen LogP contribution < -0.4 is 11.3 Å². The van der Waals surface area contributed by atoms with Gasteiger partial charge in [0.1, 0.15) is 17.5 Å². The number of nitrogens with one attached hydrogen (secondary N) is 1. The van der Waals surface area contributed by atoms with Crippen LogP contribution >= 0.6 is 0 Å². The molecule has 184 valence electrons. The number of aromatic nitrogens is 5. The third-order valence-electron chi connectivity index (χ3n) is 6.59. The number of nitrogens with two attached hydrogens (primary N) is 1. The maximum atomic E-state index is 13.4. The van der Waals surface area contributed by atoms with Gasteiger partial charge in [-0.25, -0.2) is 24.3 Å². The molecule has 0 saturated carbocycles. The van der Waals surface area contributed by atoms with E-state index < -0.39 is 5.82 Å². The lowest BCUT2D eigenvalue weighted by molar-refractivity contribution is -0.132. The zero-order chi connectivity index (χ0) is 25.1. The molecule has 0 aliphatic carbocycles. The van der Waals surface area contributed by atoms with Gasteiger partial charge in [-0.2, -0.15) is 0 Å². The zero-order valence-corrected chi connectivity index (χ0v) is 19.7. The Labute approximate surface area is 206 Å². The van der Waals surface area contributed by atoms with E-state index in [1.54, 1.807) is 24.7 Å². The number of piperidine rings is 1. The smallest absolute Gasteiger partial charge is 0.258 e. The van der Waals surface area contributed by atoms with Gasteiger partial charge in [-0.3, -0.25) is 9.59 Å². The Bertz CT molecular complexity index is 1450. The van der Waals surface area contributed by atoms with E-state index in [2.05, 4.69) is 24.9 Å². The van der Waals surface area contributed by atoms with Gasteiger partial charge in [0.25, 0.3) is 5.56 Å². The van der Waals surface area contributed by atoms with Crippen molar-refractivity contribution < 1.29 is 9.18 Å². The molecule has 0 spiro atoms. The molecule has 4 heterocycles. The van der Waals surface area contributed by atoms with Crippen LogP contribution in [-0.2, 0) is 11.2 Å². The summed E-state index contributed by atoms with van der Waals surface area (Å²) >= 11 is 0. The summed E-state index contributed by atoms with van der Waals surface area (Å²) in [5.41, 5.74) is 7.93. The fourth-order valence-corrected chi connectivity index (χ4v) is 4.64. The number of likely N-dealkylation sites (tertiary alicyclic amines) is 1. The number of halogens is 1. The van der Waals surface area contributed by atoms with E-state index in [1.807, 2.05) is 11.0 Å². The summed E-state index contributed by atoms with van der Waals surface area (Å²) in [6, 6.07) is 7.71. The van der Waals surface area contributed by atoms with Crippen LogP contribution in [0.1, 0.15) is 43.0 Å². The van der Waals surface area contributed by atoms with Crippen molar-refractivity contribution >= 4 is 22.6 Å². The van der Waals surface area contributed by atoms with Gasteiger partial charge in [0, 0.05) is 44.5 Å². The van der Waals surface area contributed by atoms with Crippen molar-refractivity contribution in [1.82, 2.24) is 29.8 Å². The normalized spacial score (nSPS) is 14.3. The van der Waals surface area contributed by atoms with Crippen molar-refractivity contribution in [3.8, 4) is 11.4 Å². The summed E-state index contributed by atoms with van der Waals surface area (Å²) in [7, 11) is 0. The van der Waals surface area contributed by atoms with Crippen LogP contribution in [0, 0.1) is 5.82 Å². The van der Waals surface area contributed by atoms with Crippen LogP contribution in [0.15, 0.2) is 53.7 Å².